The molecule has 0 radical (unpaired) electrons. The Labute approximate surface area is 150 Å². The van der Waals surface area contributed by atoms with Crippen molar-refractivity contribution < 1.29 is 9.72 Å². The zero-order valence-electron chi connectivity index (χ0n) is 14.2. The molecule has 1 aromatic heterocycles. The third-order valence-corrected chi connectivity index (χ3v) is 3.88. The predicted molar refractivity (Wildman–Crippen MR) is 101 cm³/mol. The van der Waals surface area contributed by atoms with E-state index in [1.165, 1.54) is 19.1 Å². The quantitative estimate of drug-likeness (QED) is 0.521. The fourth-order valence-electron chi connectivity index (χ4n) is 2.62. The molecule has 0 bridgehead atoms. The number of carbonyl (C=O) groups is 1. The highest BCUT2D eigenvalue weighted by Crippen LogP contribution is 2.21. The predicted octanol–water partition coefficient (Wildman–Crippen LogP) is 3.76. The second-order valence-electron chi connectivity index (χ2n) is 5.89. The van der Waals surface area contributed by atoms with E-state index in [0.717, 1.165) is 28.9 Å². The van der Waals surface area contributed by atoms with Crippen molar-refractivity contribution in [1.29, 1.82) is 0 Å². The first-order chi connectivity index (χ1) is 12.5. The van der Waals surface area contributed by atoms with Crippen LogP contribution in [0.2, 0.25) is 0 Å². The molecule has 0 saturated carbocycles. The van der Waals surface area contributed by atoms with Crippen LogP contribution >= 0.6 is 0 Å². The van der Waals surface area contributed by atoms with Gasteiger partial charge in [0.1, 0.15) is 5.82 Å². The maximum absolute atomic E-state index is 11.0. The highest BCUT2D eigenvalue weighted by molar-refractivity contribution is 5.88. The highest BCUT2D eigenvalue weighted by atomic mass is 16.6. The van der Waals surface area contributed by atoms with Gasteiger partial charge in [-0.3, -0.25) is 14.9 Å². The number of aromatic nitrogens is 1. The number of hydrogen-bond acceptors (Lipinski definition) is 5. The standard InChI is InChI=1S/C19H18N4O3/c1-13(24)21-16-5-2-14(3-6-16)10-11-20-19-9-4-15-12-17(23(25)26)7-8-18(15)22-19/h2-9,12H,10-11H2,1H3,(H,20,22)(H,21,24). The molecule has 0 aliphatic heterocycles. The second-order valence-corrected chi connectivity index (χ2v) is 5.89. The smallest absolute Gasteiger partial charge is 0.270 e. The Morgan fingerprint density at radius 2 is 1.88 bits per heavy atom. The number of anilines is 2. The van der Waals surface area contributed by atoms with Gasteiger partial charge >= 0.3 is 0 Å². The van der Waals surface area contributed by atoms with Crippen molar-refractivity contribution in [3.8, 4) is 0 Å². The van der Waals surface area contributed by atoms with Crippen molar-refractivity contribution >= 4 is 34.0 Å². The zero-order valence-corrected chi connectivity index (χ0v) is 14.2. The highest BCUT2D eigenvalue weighted by Gasteiger charge is 2.07. The average molecular weight is 350 g/mol. The van der Waals surface area contributed by atoms with Gasteiger partial charge in [-0.2, -0.15) is 0 Å². The van der Waals surface area contributed by atoms with E-state index < -0.39 is 4.92 Å². The lowest BCUT2D eigenvalue weighted by Gasteiger charge is -2.08. The van der Waals surface area contributed by atoms with Crippen LogP contribution in [-0.2, 0) is 11.2 Å². The Morgan fingerprint density at radius 1 is 1.12 bits per heavy atom. The second kappa shape index (κ2) is 7.60. The van der Waals surface area contributed by atoms with Gasteiger partial charge in [0.15, 0.2) is 0 Å². The first kappa shape index (κ1) is 17.3. The lowest BCUT2D eigenvalue weighted by molar-refractivity contribution is -0.384. The molecule has 3 aromatic rings. The molecule has 2 N–H and O–H groups in total. The third kappa shape index (κ3) is 4.32. The van der Waals surface area contributed by atoms with Gasteiger partial charge in [0.2, 0.25) is 5.91 Å². The van der Waals surface area contributed by atoms with Crippen LogP contribution in [-0.4, -0.2) is 22.4 Å². The molecule has 0 unspecified atom stereocenters. The molecular weight excluding hydrogens is 332 g/mol. The summed E-state index contributed by atoms with van der Waals surface area (Å²) in [7, 11) is 0. The summed E-state index contributed by atoms with van der Waals surface area (Å²) >= 11 is 0. The lowest BCUT2D eigenvalue weighted by Crippen LogP contribution is -2.07. The van der Waals surface area contributed by atoms with Crippen LogP contribution in [0.3, 0.4) is 0 Å². The van der Waals surface area contributed by atoms with Crippen molar-refractivity contribution in [2.75, 3.05) is 17.2 Å². The number of rotatable bonds is 6. The Bertz CT molecular complexity index is 955. The molecule has 132 valence electrons. The van der Waals surface area contributed by atoms with E-state index in [-0.39, 0.29) is 11.6 Å². The van der Waals surface area contributed by atoms with Crippen LogP contribution in [0, 0.1) is 10.1 Å². The van der Waals surface area contributed by atoms with E-state index in [1.807, 2.05) is 36.4 Å². The number of nitro benzene ring substituents is 1. The number of benzene rings is 2. The zero-order chi connectivity index (χ0) is 18.5. The van der Waals surface area contributed by atoms with Gasteiger partial charge < -0.3 is 10.6 Å². The summed E-state index contributed by atoms with van der Waals surface area (Å²) in [5, 5.41) is 17.5. The first-order valence-corrected chi connectivity index (χ1v) is 8.17. The molecule has 7 heteroatoms. The molecule has 3 rings (SSSR count). The molecule has 2 aromatic carbocycles. The van der Waals surface area contributed by atoms with Crippen LogP contribution < -0.4 is 10.6 Å². The summed E-state index contributed by atoms with van der Waals surface area (Å²) in [6.45, 7) is 2.18. The number of pyridine rings is 1. The Balaban J connectivity index is 1.60. The molecule has 0 spiro atoms. The minimum absolute atomic E-state index is 0.0581. The van der Waals surface area contributed by atoms with Crippen LogP contribution in [0.4, 0.5) is 17.2 Å². The van der Waals surface area contributed by atoms with Gasteiger partial charge in [0.25, 0.3) is 5.69 Å². The van der Waals surface area contributed by atoms with Gasteiger partial charge in [-0.05, 0) is 42.3 Å². The largest absolute Gasteiger partial charge is 0.370 e. The molecule has 1 amide bonds. The number of nitro groups is 1. The maximum Gasteiger partial charge on any atom is 0.270 e. The molecular formula is C19H18N4O3. The Hall–Kier alpha value is -3.48. The molecule has 0 atom stereocenters. The molecule has 1 heterocycles. The molecule has 0 aliphatic rings. The number of carbonyl (C=O) groups excluding carboxylic acids is 1. The minimum atomic E-state index is -0.414. The van der Waals surface area contributed by atoms with E-state index in [2.05, 4.69) is 15.6 Å². The average Bonchev–Trinajstić information content (AvgIpc) is 2.62. The van der Waals surface area contributed by atoms with Gasteiger partial charge in [-0.15, -0.1) is 0 Å². The molecule has 0 fully saturated rings. The lowest BCUT2D eigenvalue weighted by atomic mass is 10.1. The number of hydrogen-bond donors (Lipinski definition) is 2. The van der Waals surface area contributed by atoms with Crippen LogP contribution in [0.15, 0.2) is 54.6 Å². The van der Waals surface area contributed by atoms with Crippen LogP contribution in [0.25, 0.3) is 10.9 Å². The summed E-state index contributed by atoms with van der Waals surface area (Å²) in [4.78, 5) is 25.9. The molecule has 0 saturated heterocycles. The number of amides is 1. The van der Waals surface area contributed by atoms with Gasteiger partial charge in [-0.1, -0.05) is 12.1 Å². The number of nitrogens with zero attached hydrogens (tertiary/aromatic N) is 2. The number of non-ortho nitro benzene ring substituents is 1. The normalized spacial score (nSPS) is 10.5. The first-order valence-electron chi connectivity index (χ1n) is 8.17. The topological polar surface area (TPSA) is 97.2 Å². The summed E-state index contributed by atoms with van der Waals surface area (Å²) in [6.07, 6.45) is 0.806. The minimum Gasteiger partial charge on any atom is -0.370 e. The van der Waals surface area contributed by atoms with Gasteiger partial charge in [0, 0.05) is 36.7 Å². The Morgan fingerprint density at radius 3 is 2.58 bits per heavy atom. The number of nitrogens with one attached hydrogen (secondary N) is 2. The van der Waals surface area contributed by atoms with E-state index >= 15 is 0 Å². The van der Waals surface area contributed by atoms with E-state index in [9.17, 15) is 14.9 Å². The third-order valence-electron chi connectivity index (χ3n) is 3.88. The SMILES string of the molecule is CC(=O)Nc1ccc(CCNc2ccc3cc([N+](=O)[O-])ccc3n2)cc1. The fraction of sp³-hybridized carbons (Fsp3) is 0.158. The molecule has 7 nitrogen and oxygen atoms in total. The summed E-state index contributed by atoms with van der Waals surface area (Å²) < 4.78 is 0. The van der Waals surface area contributed by atoms with Crippen molar-refractivity contribution in [3.05, 3.63) is 70.3 Å². The molecule has 26 heavy (non-hydrogen) atoms. The van der Waals surface area contributed by atoms with Crippen molar-refractivity contribution in [3.63, 3.8) is 0 Å². The molecule has 0 aliphatic carbocycles. The van der Waals surface area contributed by atoms with Gasteiger partial charge in [-0.25, -0.2) is 4.98 Å². The van der Waals surface area contributed by atoms with Gasteiger partial charge in [0.05, 0.1) is 10.4 Å². The van der Waals surface area contributed by atoms with E-state index in [4.69, 9.17) is 0 Å². The monoisotopic (exact) mass is 350 g/mol. The fourth-order valence-corrected chi connectivity index (χ4v) is 2.62. The summed E-state index contributed by atoms with van der Waals surface area (Å²) in [5.41, 5.74) is 2.69. The van der Waals surface area contributed by atoms with E-state index in [0.29, 0.717) is 12.1 Å². The van der Waals surface area contributed by atoms with Crippen LogP contribution in [0.1, 0.15) is 12.5 Å². The summed E-state index contributed by atoms with van der Waals surface area (Å²) in [6, 6.07) is 15.9. The Kier molecular flexibility index (Phi) is 5.07. The van der Waals surface area contributed by atoms with Crippen molar-refractivity contribution in [2.45, 2.75) is 13.3 Å². The van der Waals surface area contributed by atoms with E-state index in [1.54, 1.807) is 6.07 Å². The van der Waals surface area contributed by atoms with Crippen molar-refractivity contribution in [2.24, 2.45) is 0 Å². The number of fused-ring (bicyclic) bond motifs is 1. The van der Waals surface area contributed by atoms with Crippen LogP contribution in [0.5, 0.6) is 0 Å². The van der Waals surface area contributed by atoms with Crippen molar-refractivity contribution in [1.82, 2.24) is 4.98 Å². The maximum atomic E-state index is 11.0. The summed E-state index contributed by atoms with van der Waals surface area (Å²) in [5.74, 6) is 0.633.